The van der Waals surface area contributed by atoms with E-state index in [2.05, 4.69) is 10.6 Å². The molecule has 7 heteroatoms. The zero-order chi connectivity index (χ0) is 14.7. The van der Waals surface area contributed by atoms with E-state index >= 15 is 0 Å². The molecule has 1 aromatic heterocycles. The number of nitrogens with two attached hydrogens (primary N) is 2. The van der Waals surface area contributed by atoms with E-state index in [0.717, 1.165) is 13.0 Å². The quantitative estimate of drug-likeness (QED) is 0.609. The minimum absolute atomic E-state index is 0.175. The van der Waals surface area contributed by atoms with E-state index in [1.54, 1.807) is 0 Å². The summed E-state index contributed by atoms with van der Waals surface area (Å²) >= 11 is 1.19. The van der Waals surface area contributed by atoms with Crippen molar-refractivity contribution < 1.29 is 9.59 Å². The van der Waals surface area contributed by atoms with E-state index in [9.17, 15) is 9.59 Å². The molecule has 1 aromatic rings. The predicted octanol–water partition coefficient (Wildman–Crippen LogP) is 1.39. The molecule has 0 radical (unpaired) electrons. The van der Waals surface area contributed by atoms with Crippen LogP contribution in [0.4, 0.5) is 10.7 Å². The van der Waals surface area contributed by atoms with Crippen LogP contribution in [0.25, 0.3) is 0 Å². The molecule has 0 bridgehead atoms. The molecule has 20 heavy (non-hydrogen) atoms. The number of carbonyl (C=O) groups excluding carboxylic acids is 2. The second-order valence-corrected chi connectivity index (χ2v) is 6.01. The van der Waals surface area contributed by atoms with E-state index in [0.29, 0.717) is 22.3 Å². The summed E-state index contributed by atoms with van der Waals surface area (Å²) in [6, 6.07) is 0. The lowest BCUT2D eigenvalue weighted by Crippen LogP contribution is -2.24. The van der Waals surface area contributed by atoms with Crippen LogP contribution in [0.5, 0.6) is 0 Å². The summed E-state index contributed by atoms with van der Waals surface area (Å²) in [5, 5.41) is 6.54. The number of anilines is 2. The fraction of sp³-hybridized carbons (Fsp3) is 0.538. The molecule has 1 saturated carbocycles. The number of amides is 2. The normalized spacial score (nSPS) is 14.1. The number of nitrogen functional groups attached to an aromatic ring is 1. The molecule has 2 amide bonds. The lowest BCUT2D eigenvalue weighted by atomic mass is 10.2. The van der Waals surface area contributed by atoms with Crippen molar-refractivity contribution in [1.82, 2.24) is 5.32 Å². The van der Waals surface area contributed by atoms with Gasteiger partial charge in [0.25, 0.3) is 11.8 Å². The minimum atomic E-state index is -0.605. The van der Waals surface area contributed by atoms with Gasteiger partial charge in [-0.1, -0.05) is 6.92 Å². The second kappa shape index (κ2) is 6.13. The van der Waals surface area contributed by atoms with Gasteiger partial charge < -0.3 is 22.1 Å². The molecule has 6 N–H and O–H groups in total. The van der Waals surface area contributed by atoms with Gasteiger partial charge in [-0.25, -0.2) is 0 Å². The summed E-state index contributed by atoms with van der Waals surface area (Å²) in [6.45, 7) is 3.33. The van der Waals surface area contributed by atoms with Crippen molar-refractivity contribution in [2.75, 3.05) is 24.1 Å². The lowest BCUT2D eigenvalue weighted by molar-refractivity contribution is 0.0958. The second-order valence-electron chi connectivity index (χ2n) is 4.99. The topological polar surface area (TPSA) is 110 Å². The molecule has 6 nitrogen and oxygen atoms in total. The molecule has 0 unspecified atom stereocenters. The molecule has 2 rings (SSSR count). The maximum atomic E-state index is 12.0. The van der Waals surface area contributed by atoms with Gasteiger partial charge in [0.1, 0.15) is 9.88 Å². The number of hydrogen-bond acceptors (Lipinski definition) is 5. The summed E-state index contributed by atoms with van der Waals surface area (Å²) in [4.78, 5) is 23.9. The van der Waals surface area contributed by atoms with Crippen molar-refractivity contribution >= 4 is 33.8 Å². The average molecular weight is 296 g/mol. The maximum absolute atomic E-state index is 12.0. The molecule has 1 fully saturated rings. The molecule has 1 aliphatic rings. The fourth-order valence-corrected chi connectivity index (χ4v) is 2.91. The molecule has 0 saturated heterocycles. The molecule has 0 spiro atoms. The van der Waals surface area contributed by atoms with Crippen LogP contribution in [0.15, 0.2) is 0 Å². The molecule has 1 heterocycles. The summed E-state index contributed by atoms with van der Waals surface area (Å²) in [5.41, 5.74) is 11.7. The van der Waals surface area contributed by atoms with Gasteiger partial charge in [-0.3, -0.25) is 9.59 Å². The fourth-order valence-electron chi connectivity index (χ4n) is 1.86. The van der Waals surface area contributed by atoms with E-state index in [-0.39, 0.29) is 17.2 Å². The van der Waals surface area contributed by atoms with Crippen LogP contribution in [0, 0.1) is 5.92 Å². The minimum Gasteiger partial charge on any atom is -0.397 e. The first-order valence-corrected chi connectivity index (χ1v) is 7.60. The van der Waals surface area contributed by atoms with Crippen LogP contribution in [-0.4, -0.2) is 24.9 Å². The average Bonchev–Trinajstić information content (AvgIpc) is 3.16. The summed E-state index contributed by atoms with van der Waals surface area (Å²) in [7, 11) is 0. The molecule has 1 aliphatic carbocycles. The standard InChI is InChI=1S/C13H20N4O2S/c1-2-5-16-12(19)10-9(14)8(11(15)18)13(20-10)17-6-7-3-4-7/h7,17H,2-6,14H2,1H3,(H2,15,18)(H,16,19). The van der Waals surface area contributed by atoms with E-state index in [1.165, 1.54) is 24.2 Å². The summed E-state index contributed by atoms with van der Waals surface area (Å²) in [6.07, 6.45) is 3.24. The molecule has 0 aliphatic heterocycles. The third kappa shape index (κ3) is 3.22. The van der Waals surface area contributed by atoms with Crippen LogP contribution >= 0.6 is 11.3 Å². The van der Waals surface area contributed by atoms with Crippen molar-refractivity contribution in [2.45, 2.75) is 26.2 Å². The van der Waals surface area contributed by atoms with Gasteiger partial charge in [0, 0.05) is 13.1 Å². The van der Waals surface area contributed by atoms with Crippen LogP contribution in [0.3, 0.4) is 0 Å². The van der Waals surface area contributed by atoms with Crippen molar-refractivity contribution in [2.24, 2.45) is 11.7 Å². The van der Waals surface area contributed by atoms with Gasteiger partial charge in [0.15, 0.2) is 0 Å². The highest BCUT2D eigenvalue weighted by Crippen LogP contribution is 2.37. The van der Waals surface area contributed by atoms with Crippen LogP contribution in [0.2, 0.25) is 0 Å². The largest absolute Gasteiger partial charge is 0.397 e. The molecule has 0 atom stereocenters. The third-order valence-corrected chi connectivity index (χ3v) is 4.34. The Kier molecular flexibility index (Phi) is 4.49. The Hall–Kier alpha value is -1.76. The number of hydrogen-bond donors (Lipinski definition) is 4. The van der Waals surface area contributed by atoms with Gasteiger partial charge in [-0.05, 0) is 25.2 Å². The lowest BCUT2D eigenvalue weighted by Gasteiger charge is -2.04. The van der Waals surface area contributed by atoms with Gasteiger partial charge in [0.05, 0.1) is 11.3 Å². The number of nitrogens with one attached hydrogen (secondary N) is 2. The predicted molar refractivity (Wildman–Crippen MR) is 81.1 cm³/mol. The SMILES string of the molecule is CCCNC(=O)c1sc(NCC2CC2)c(C(N)=O)c1N. The summed E-state index contributed by atoms with van der Waals surface area (Å²) in [5.74, 6) is -0.209. The number of thiophene rings is 1. The monoisotopic (exact) mass is 296 g/mol. The Morgan fingerprint density at radius 2 is 2.10 bits per heavy atom. The first kappa shape index (κ1) is 14.6. The highest BCUT2D eigenvalue weighted by Gasteiger charge is 2.26. The van der Waals surface area contributed by atoms with E-state index in [1.807, 2.05) is 6.92 Å². The first-order valence-electron chi connectivity index (χ1n) is 6.78. The van der Waals surface area contributed by atoms with Crippen molar-refractivity contribution in [3.05, 3.63) is 10.4 Å². The maximum Gasteiger partial charge on any atom is 0.263 e. The molecular weight excluding hydrogens is 276 g/mol. The number of primary amides is 1. The molecule has 110 valence electrons. The number of rotatable bonds is 7. The molecular formula is C13H20N4O2S. The van der Waals surface area contributed by atoms with Gasteiger partial charge in [0.2, 0.25) is 0 Å². The Bertz CT molecular complexity index is 523. The third-order valence-electron chi connectivity index (χ3n) is 3.18. The first-order chi connectivity index (χ1) is 9.54. The van der Waals surface area contributed by atoms with Gasteiger partial charge in [-0.15, -0.1) is 11.3 Å². The number of carbonyl (C=O) groups is 2. The highest BCUT2D eigenvalue weighted by atomic mass is 32.1. The van der Waals surface area contributed by atoms with Crippen molar-refractivity contribution in [3.63, 3.8) is 0 Å². The highest BCUT2D eigenvalue weighted by molar-refractivity contribution is 7.19. The van der Waals surface area contributed by atoms with Crippen LogP contribution in [0.1, 0.15) is 46.2 Å². The zero-order valence-corrected chi connectivity index (χ0v) is 12.3. The van der Waals surface area contributed by atoms with Crippen molar-refractivity contribution in [3.8, 4) is 0 Å². The van der Waals surface area contributed by atoms with E-state index < -0.39 is 5.91 Å². The Balaban J connectivity index is 2.20. The van der Waals surface area contributed by atoms with Crippen LogP contribution in [-0.2, 0) is 0 Å². The van der Waals surface area contributed by atoms with E-state index in [4.69, 9.17) is 11.5 Å². The zero-order valence-electron chi connectivity index (χ0n) is 11.5. The Labute approximate surface area is 121 Å². The Morgan fingerprint density at radius 1 is 1.40 bits per heavy atom. The molecule has 0 aromatic carbocycles. The van der Waals surface area contributed by atoms with Crippen molar-refractivity contribution in [1.29, 1.82) is 0 Å². The smallest absolute Gasteiger partial charge is 0.263 e. The van der Waals surface area contributed by atoms with Gasteiger partial charge >= 0.3 is 0 Å². The van der Waals surface area contributed by atoms with Crippen LogP contribution < -0.4 is 22.1 Å². The Morgan fingerprint density at radius 3 is 2.65 bits per heavy atom. The van der Waals surface area contributed by atoms with Gasteiger partial charge in [-0.2, -0.15) is 0 Å². The summed E-state index contributed by atoms with van der Waals surface area (Å²) < 4.78 is 0.